The summed E-state index contributed by atoms with van der Waals surface area (Å²) in [5, 5.41) is 0. The zero-order chi connectivity index (χ0) is 20.0. The van der Waals surface area contributed by atoms with E-state index in [1.807, 2.05) is 0 Å². The Kier molecular flexibility index (Phi) is 6.53. The number of carbonyl (C=O) groups excluding carboxylic acids is 2. The van der Waals surface area contributed by atoms with Gasteiger partial charge in [-0.2, -0.15) is 8.78 Å². The summed E-state index contributed by atoms with van der Waals surface area (Å²) in [5.74, 6) is -1.60. The van der Waals surface area contributed by atoms with Gasteiger partial charge in [0.05, 0.1) is 32.6 Å². The smallest absolute Gasteiger partial charge is 0.387 e. The average molecular weight is 381 g/mol. The second-order valence-electron chi connectivity index (χ2n) is 5.03. The number of carbonyl (C=O) groups is 2. The number of alkyl halides is 2. The Morgan fingerprint density at radius 3 is 2.33 bits per heavy atom. The van der Waals surface area contributed by atoms with E-state index in [2.05, 4.69) is 4.74 Å². The van der Waals surface area contributed by atoms with Crippen LogP contribution >= 0.6 is 0 Å². The normalized spacial score (nSPS) is 13.5. The fraction of sp³-hybridized carbons (Fsp3) is 0.222. The Hall–Kier alpha value is -3.36. The quantitative estimate of drug-likeness (QED) is 0.702. The lowest BCUT2D eigenvalue weighted by Gasteiger charge is -2.25. The fourth-order valence-corrected chi connectivity index (χ4v) is 2.36. The third kappa shape index (κ3) is 4.43. The molecule has 1 aliphatic heterocycles. The Bertz CT molecular complexity index is 816. The molecule has 2 rings (SSSR count). The lowest BCUT2D eigenvalue weighted by Crippen LogP contribution is -2.27. The van der Waals surface area contributed by atoms with E-state index >= 15 is 0 Å². The van der Waals surface area contributed by atoms with E-state index in [0.717, 1.165) is 14.2 Å². The van der Waals surface area contributed by atoms with Crippen molar-refractivity contribution in [2.75, 3.05) is 26.2 Å². The number of nitrogens with zero attached hydrogens (tertiary/aromatic N) is 1. The van der Waals surface area contributed by atoms with Gasteiger partial charge in [-0.3, -0.25) is 0 Å². The molecular formula is C18H17F2NO6. The highest BCUT2D eigenvalue weighted by Gasteiger charge is 2.29. The van der Waals surface area contributed by atoms with Crippen molar-refractivity contribution in [2.24, 2.45) is 0 Å². The average Bonchev–Trinajstić information content (AvgIpc) is 2.89. The molecule has 0 amide bonds. The monoisotopic (exact) mass is 381 g/mol. The first-order valence-electron chi connectivity index (χ1n) is 7.60. The van der Waals surface area contributed by atoms with E-state index in [-0.39, 0.29) is 22.7 Å². The van der Waals surface area contributed by atoms with Crippen molar-refractivity contribution in [1.82, 2.24) is 0 Å². The molecule has 1 aromatic rings. The van der Waals surface area contributed by atoms with Crippen molar-refractivity contribution in [3.63, 3.8) is 0 Å². The minimum atomic E-state index is -3.10. The van der Waals surface area contributed by atoms with Gasteiger partial charge in [0.15, 0.2) is 0 Å². The van der Waals surface area contributed by atoms with Crippen molar-refractivity contribution in [1.29, 1.82) is 0 Å². The van der Waals surface area contributed by atoms with Gasteiger partial charge in [-0.25, -0.2) is 9.59 Å². The Balaban J connectivity index is 2.73. The minimum Gasteiger partial charge on any atom is -0.497 e. The van der Waals surface area contributed by atoms with E-state index in [0.29, 0.717) is 5.75 Å². The summed E-state index contributed by atoms with van der Waals surface area (Å²) in [4.78, 5) is 25.7. The lowest BCUT2D eigenvalue weighted by atomic mass is 10.1. The number of ether oxygens (including phenoxy) is 4. The van der Waals surface area contributed by atoms with Crippen LogP contribution in [0.2, 0.25) is 0 Å². The van der Waals surface area contributed by atoms with Crippen LogP contribution < -0.4 is 14.4 Å². The Morgan fingerprint density at radius 1 is 1.04 bits per heavy atom. The maximum absolute atomic E-state index is 12.8. The number of anilines is 1. The van der Waals surface area contributed by atoms with Crippen LogP contribution in [-0.2, 0) is 19.1 Å². The largest absolute Gasteiger partial charge is 0.497 e. The van der Waals surface area contributed by atoms with Crippen LogP contribution in [0, 0.1) is 0 Å². The van der Waals surface area contributed by atoms with E-state index < -0.39 is 18.6 Å². The van der Waals surface area contributed by atoms with Crippen LogP contribution in [-0.4, -0.2) is 39.9 Å². The van der Waals surface area contributed by atoms with Gasteiger partial charge in [-0.15, -0.1) is 0 Å². The molecule has 0 saturated carbocycles. The van der Waals surface area contributed by atoms with Crippen LogP contribution in [0.5, 0.6) is 11.5 Å². The molecular weight excluding hydrogens is 364 g/mol. The molecule has 27 heavy (non-hydrogen) atoms. The number of methoxy groups -OCH3 is 3. The van der Waals surface area contributed by atoms with Gasteiger partial charge in [0.2, 0.25) is 0 Å². The highest BCUT2D eigenvalue weighted by atomic mass is 19.3. The molecule has 1 heterocycles. The first-order chi connectivity index (χ1) is 12.9. The van der Waals surface area contributed by atoms with E-state index in [4.69, 9.17) is 14.2 Å². The number of benzene rings is 1. The molecule has 0 bridgehead atoms. The molecule has 0 spiro atoms. The molecule has 1 aromatic carbocycles. The highest BCUT2D eigenvalue weighted by molar-refractivity contribution is 6.05. The highest BCUT2D eigenvalue weighted by Crippen LogP contribution is 2.37. The summed E-state index contributed by atoms with van der Waals surface area (Å²) < 4.78 is 44.8. The molecule has 0 aromatic heterocycles. The predicted molar refractivity (Wildman–Crippen MR) is 91.4 cm³/mol. The van der Waals surface area contributed by atoms with Crippen LogP contribution in [0.1, 0.15) is 0 Å². The number of halogens is 2. The number of allylic oxidation sites excluding steroid dienone is 2. The first-order valence-corrected chi connectivity index (χ1v) is 7.60. The van der Waals surface area contributed by atoms with Gasteiger partial charge in [-0.1, -0.05) is 6.08 Å². The maximum atomic E-state index is 12.8. The van der Waals surface area contributed by atoms with Gasteiger partial charge >= 0.3 is 18.6 Å². The molecule has 1 aliphatic rings. The molecule has 9 heteroatoms. The third-order valence-electron chi connectivity index (χ3n) is 3.53. The van der Waals surface area contributed by atoms with Crippen molar-refractivity contribution >= 4 is 17.6 Å². The summed E-state index contributed by atoms with van der Waals surface area (Å²) in [6.45, 7) is -3.10. The topological polar surface area (TPSA) is 74.3 Å². The van der Waals surface area contributed by atoms with Crippen molar-refractivity contribution in [3.05, 3.63) is 53.9 Å². The van der Waals surface area contributed by atoms with Gasteiger partial charge in [-0.05, 0) is 24.3 Å². The summed E-state index contributed by atoms with van der Waals surface area (Å²) >= 11 is 0. The summed E-state index contributed by atoms with van der Waals surface area (Å²) in [7, 11) is 3.67. The van der Waals surface area contributed by atoms with Gasteiger partial charge in [0.25, 0.3) is 0 Å². The van der Waals surface area contributed by atoms with Gasteiger partial charge in [0, 0.05) is 12.3 Å². The maximum Gasteiger partial charge on any atom is 0.387 e. The summed E-state index contributed by atoms with van der Waals surface area (Å²) in [6.07, 6.45) is 5.74. The zero-order valence-corrected chi connectivity index (χ0v) is 14.8. The van der Waals surface area contributed by atoms with Crippen molar-refractivity contribution in [3.8, 4) is 11.5 Å². The molecule has 0 fully saturated rings. The number of rotatable bonds is 6. The standard InChI is InChI=1S/C18H17F2NO6/c1-24-11-7-8-14(27-18(19)20)13(10-11)21-9-5-4-6-12(16(22)25-2)15(21)17(23)26-3/h4-10,18H,1-3H3. The molecule has 0 radical (unpaired) electrons. The number of hydrogen-bond donors (Lipinski definition) is 0. The van der Waals surface area contributed by atoms with Crippen molar-refractivity contribution < 1.29 is 37.3 Å². The molecule has 7 nitrogen and oxygen atoms in total. The second-order valence-corrected chi connectivity index (χ2v) is 5.03. The van der Waals surface area contributed by atoms with E-state index in [9.17, 15) is 18.4 Å². The second kappa shape index (κ2) is 8.84. The Morgan fingerprint density at radius 2 is 1.74 bits per heavy atom. The number of esters is 2. The third-order valence-corrected chi connectivity index (χ3v) is 3.53. The Labute approximate surface area is 154 Å². The lowest BCUT2D eigenvalue weighted by molar-refractivity contribution is -0.139. The molecule has 144 valence electrons. The van der Waals surface area contributed by atoms with Crippen LogP contribution in [0.4, 0.5) is 14.5 Å². The van der Waals surface area contributed by atoms with Crippen LogP contribution in [0.3, 0.4) is 0 Å². The predicted octanol–water partition coefficient (Wildman–Crippen LogP) is 2.79. The molecule has 0 aliphatic carbocycles. The zero-order valence-electron chi connectivity index (χ0n) is 14.8. The summed E-state index contributed by atoms with van der Waals surface area (Å²) in [5.41, 5.74) is -0.321. The van der Waals surface area contributed by atoms with Gasteiger partial charge in [0.1, 0.15) is 17.2 Å². The van der Waals surface area contributed by atoms with Gasteiger partial charge < -0.3 is 23.8 Å². The minimum absolute atomic E-state index is 0.0383. The molecule has 0 N–H and O–H groups in total. The van der Waals surface area contributed by atoms with E-state index in [1.54, 1.807) is 0 Å². The summed E-state index contributed by atoms with van der Waals surface area (Å²) in [6, 6.07) is 4.06. The number of hydrogen-bond acceptors (Lipinski definition) is 7. The molecule has 0 unspecified atom stereocenters. The van der Waals surface area contributed by atoms with Crippen LogP contribution in [0.15, 0.2) is 53.9 Å². The molecule has 0 saturated heterocycles. The fourth-order valence-electron chi connectivity index (χ4n) is 2.36. The van der Waals surface area contributed by atoms with Crippen molar-refractivity contribution in [2.45, 2.75) is 6.61 Å². The molecule has 0 atom stereocenters. The first kappa shape index (κ1) is 20.0. The van der Waals surface area contributed by atoms with Crippen LogP contribution in [0.25, 0.3) is 0 Å². The SMILES string of the molecule is COC(=O)C1=C(C(=O)OC)N(c2cc(OC)ccc2OC(F)F)C=CC=C1. The van der Waals surface area contributed by atoms with E-state index in [1.165, 1.54) is 54.6 Å².